The molecule has 0 spiro atoms. The highest BCUT2D eigenvalue weighted by Crippen LogP contribution is 2.33. The molecule has 14 N–H and O–H groups in total. The number of aliphatic hydroxyl groups is 13. The number of hydrogen-bond acceptors (Lipinski definition) is 20. The van der Waals surface area contributed by atoms with Crippen LogP contribution in [0.25, 0.3) is 0 Å². The number of carbonyl (C=O) groups is 1. The zero-order chi connectivity index (χ0) is 33.9. The Morgan fingerprint density at radius 1 is 0.667 bits per heavy atom. The summed E-state index contributed by atoms with van der Waals surface area (Å²) in [6.07, 6.45) is -36.4. The van der Waals surface area contributed by atoms with Crippen molar-refractivity contribution in [2.75, 3.05) is 19.8 Å². The van der Waals surface area contributed by atoms with Crippen LogP contribution in [0.4, 0.5) is 0 Å². The summed E-state index contributed by atoms with van der Waals surface area (Å²) in [6, 6.07) is 0. The molecule has 21 heteroatoms. The SMILES string of the molecule is C[C@@H]1O[C@@H](O[C@H]2[C@H](O)[C@@H](O)[C@@H](O[C@@H]3[C@@H](O[C@H](CO)[C@@H](O)[C@H](O)[C@H](O)CO)O[C@H](CO)[C@@H](O)[C@@H]3O)O[C@@H]2C(=O)O)[C@H](O)[C@H](O)[C@H]1O. The van der Waals surface area contributed by atoms with Crippen LogP contribution < -0.4 is 0 Å². The van der Waals surface area contributed by atoms with Gasteiger partial charge in [0.15, 0.2) is 25.0 Å². The Balaban J connectivity index is 1.83. The predicted octanol–water partition coefficient (Wildman–Crippen LogP) is -8.99. The molecule has 3 fully saturated rings. The quantitative estimate of drug-likeness (QED) is 0.0867. The molecule has 3 heterocycles. The molecule has 3 rings (SSSR count). The van der Waals surface area contributed by atoms with Gasteiger partial charge in [-0.2, -0.15) is 0 Å². The van der Waals surface area contributed by atoms with Gasteiger partial charge in [-0.05, 0) is 6.92 Å². The van der Waals surface area contributed by atoms with Crippen molar-refractivity contribution >= 4 is 5.97 Å². The lowest BCUT2D eigenvalue weighted by molar-refractivity contribution is -0.384. The first-order chi connectivity index (χ1) is 21.1. The number of ether oxygens (including phenoxy) is 6. The van der Waals surface area contributed by atoms with Crippen LogP contribution in [-0.2, 0) is 33.2 Å². The van der Waals surface area contributed by atoms with E-state index in [-0.39, 0.29) is 0 Å². The highest BCUT2D eigenvalue weighted by atomic mass is 16.8. The summed E-state index contributed by atoms with van der Waals surface area (Å²) in [5.41, 5.74) is 0. The zero-order valence-corrected chi connectivity index (χ0v) is 23.7. The molecule has 45 heavy (non-hydrogen) atoms. The van der Waals surface area contributed by atoms with Gasteiger partial charge < -0.3 is 99.9 Å². The fourth-order valence-corrected chi connectivity index (χ4v) is 5.01. The van der Waals surface area contributed by atoms with Crippen molar-refractivity contribution in [3.63, 3.8) is 0 Å². The van der Waals surface area contributed by atoms with Crippen molar-refractivity contribution in [2.24, 2.45) is 0 Å². The number of carboxylic acids is 1. The molecule has 0 unspecified atom stereocenters. The Kier molecular flexibility index (Phi) is 13.7. The first kappa shape index (κ1) is 38.2. The maximum Gasteiger partial charge on any atom is 0.335 e. The van der Waals surface area contributed by atoms with Gasteiger partial charge >= 0.3 is 5.97 Å². The number of hydrogen-bond donors (Lipinski definition) is 14. The molecule has 3 aliphatic heterocycles. The predicted molar refractivity (Wildman–Crippen MR) is 135 cm³/mol. The van der Waals surface area contributed by atoms with Crippen LogP contribution in [0, 0.1) is 0 Å². The summed E-state index contributed by atoms with van der Waals surface area (Å²) < 4.78 is 32.2. The molecular formula is C24H42O21. The van der Waals surface area contributed by atoms with Crippen molar-refractivity contribution in [1.82, 2.24) is 0 Å². The molecule has 264 valence electrons. The van der Waals surface area contributed by atoms with Gasteiger partial charge in [-0.3, -0.25) is 0 Å². The zero-order valence-electron chi connectivity index (χ0n) is 23.7. The van der Waals surface area contributed by atoms with Gasteiger partial charge in [0.1, 0.15) is 85.5 Å². The molecular weight excluding hydrogens is 624 g/mol. The van der Waals surface area contributed by atoms with Crippen molar-refractivity contribution in [2.45, 2.75) is 123 Å². The van der Waals surface area contributed by atoms with Crippen LogP contribution in [0.5, 0.6) is 0 Å². The lowest BCUT2D eigenvalue weighted by Gasteiger charge is -2.47. The smallest absolute Gasteiger partial charge is 0.335 e. The van der Waals surface area contributed by atoms with E-state index >= 15 is 0 Å². The number of rotatable bonds is 13. The van der Waals surface area contributed by atoms with Crippen molar-refractivity contribution in [3.05, 3.63) is 0 Å². The Bertz CT molecular complexity index is 929. The van der Waals surface area contributed by atoms with E-state index in [1.165, 1.54) is 6.92 Å². The Morgan fingerprint density at radius 2 is 1.22 bits per heavy atom. The third-order valence-electron chi connectivity index (χ3n) is 7.80. The number of aliphatic carboxylic acids is 1. The maximum absolute atomic E-state index is 12.1. The molecule has 0 aromatic heterocycles. The van der Waals surface area contributed by atoms with Gasteiger partial charge in [0.2, 0.25) is 0 Å². The lowest BCUT2D eigenvalue weighted by atomic mass is 9.96. The number of carboxylic acid groups (broad SMARTS) is 1. The topological polar surface area (TPSA) is 356 Å². The number of aliphatic hydroxyl groups excluding tert-OH is 13. The van der Waals surface area contributed by atoms with Gasteiger partial charge in [-0.1, -0.05) is 0 Å². The summed E-state index contributed by atoms with van der Waals surface area (Å²) in [5.74, 6) is -1.80. The molecule has 3 aliphatic rings. The molecule has 21 nitrogen and oxygen atoms in total. The molecule has 0 saturated carbocycles. The first-order valence-electron chi connectivity index (χ1n) is 13.9. The second-order valence-electron chi connectivity index (χ2n) is 10.9. The summed E-state index contributed by atoms with van der Waals surface area (Å²) in [4.78, 5) is 12.1. The van der Waals surface area contributed by atoms with Gasteiger partial charge in [0.25, 0.3) is 0 Å². The van der Waals surface area contributed by atoms with Crippen LogP contribution in [-0.4, -0.2) is 214 Å². The van der Waals surface area contributed by atoms with Gasteiger partial charge in [-0.15, -0.1) is 0 Å². The van der Waals surface area contributed by atoms with Crippen molar-refractivity contribution in [3.8, 4) is 0 Å². The van der Waals surface area contributed by atoms with E-state index in [1.54, 1.807) is 0 Å². The van der Waals surface area contributed by atoms with Crippen LogP contribution in [0.15, 0.2) is 0 Å². The van der Waals surface area contributed by atoms with E-state index in [0.717, 1.165) is 0 Å². The second-order valence-corrected chi connectivity index (χ2v) is 10.9. The van der Waals surface area contributed by atoms with Gasteiger partial charge in [0.05, 0.1) is 25.9 Å². The van der Waals surface area contributed by atoms with Crippen LogP contribution in [0.3, 0.4) is 0 Å². The van der Waals surface area contributed by atoms with E-state index < -0.39 is 142 Å². The van der Waals surface area contributed by atoms with Crippen molar-refractivity contribution in [1.29, 1.82) is 0 Å². The van der Waals surface area contributed by atoms with Crippen molar-refractivity contribution < 1.29 is 105 Å². The van der Waals surface area contributed by atoms with Gasteiger partial charge in [-0.25, -0.2) is 4.79 Å². The second kappa shape index (κ2) is 16.2. The molecule has 0 bridgehead atoms. The third-order valence-corrected chi connectivity index (χ3v) is 7.80. The molecule has 3 saturated heterocycles. The Morgan fingerprint density at radius 3 is 1.78 bits per heavy atom. The summed E-state index contributed by atoms with van der Waals surface area (Å²) in [5, 5.41) is 141. The molecule has 0 aromatic carbocycles. The maximum atomic E-state index is 12.1. The highest BCUT2D eigenvalue weighted by Gasteiger charge is 2.55. The summed E-state index contributed by atoms with van der Waals surface area (Å²) >= 11 is 0. The fourth-order valence-electron chi connectivity index (χ4n) is 5.01. The average Bonchev–Trinajstić information content (AvgIpc) is 3.02. The van der Waals surface area contributed by atoms with Crippen LogP contribution in [0.2, 0.25) is 0 Å². The summed E-state index contributed by atoms with van der Waals surface area (Å²) in [6.45, 7) is -1.68. The van der Waals surface area contributed by atoms with E-state index in [0.29, 0.717) is 0 Å². The molecule has 0 amide bonds. The van der Waals surface area contributed by atoms with E-state index in [1.807, 2.05) is 0 Å². The molecule has 0 aliphatic carbocycles. The standard InChI is InChI=1S/C24H42O21/c1-5-9(29)13(33)16(36)22(40-5)43-18-15(35)17(37)23(45-20(18)21(38)39)44-19-14(34)12(32)8(4-27)42-24(19)41-7(3-26)11(31)10(30)6(28)2-25/h5-20,22-37H,2-4H2,1H3,(H,38,39)/t5-,6+,7+,8+,9-,10+,11+,12+,13+,14-,15+,16+,17+,18-,19-,20-,22-,23-,24-/m0/s1. The van der Waals surface area contributed by atoms with E-state index in [2.05, 4.69) is 0 Å². The molecule has 19 atom stereocenters. The van der Waals surface area contributed by atoms with Crippen LogP contribution in [0.1, 0.15) is 6.92 Å². The minimum absolute atomic E-state index is 0.913. The Labute approximate surface area is 254 Å². The minimum Gasteiger partial charge on any atom is -0.479 e. The normalized spacial score (nSPS) is 45.4. The fraction of sp³-hybridized carbons (Fsp3) is 0.958. The Hall–Kier alpha value is -1.29. The minimum atomic E-state index is -2.21. The monoisotopic (exact) mass is 666 g/mol. The van der Waals surface area contributed by atoms with Gasteiger partial charge in [0, 0.05) is 0 Å². The average molecular weight is 667 g/mol. The highest BCUT2D eigenvalue weighted by molar-refractivity contribution is 5.73. The lowest BCUT2D eigenvalue weighted by Crippen LogP contribution is -2.67. The molecule has 0 radical (unpaired) electrons. The van der Waals surface area contributed by atoms with E-state index in [4.69, 9.17) is 33.5 Å². The first-order valence-corrected chi connectivity index (χ1v) is 13.9. The molecule has 0 aromatic rings. The van der Waals surface area contributed by atoms with E-state index in [9.17, 15) is 71.2 Å². The third kappa shape index (κ3) is 8.24. The largest absolute Gasteiger partial charge is 0.479 e. The van der Waals surface area contributed by atoms with Crippen LogP contribution >= 0.6 is 0 Å². The summed E-state index contributed by atoms with van der Waals surface area (Å²) in [7, 11) is 0.